The van der Waals surface area contributed by atoms with Gasteiger partial charge in [-0.25, -0.2) is 8.42 Å². The molecule has 144 valence electrons. The first-order chi connectivity index (χ1) is 12.7. The van der Waals surface area contributed by atoms with Gasteiger partial charge in [0.2, 0.25) is 0 Å². The van der Waals surface area contributed by atoms with Crippen LogP contribution in [-0.4, -0.2) is 44.3 Å². The Morgan fingerprint density at radius 3 is 2.59 bits per heavy atom. The molecule has 0 bridgehead atoms. The lowest BCUT2D eigenvalue weighted by Gasteiger charge is -2.20. The van der Waals surface area contributed by atoms with Gasteiger partial charge in [0, 0.05) is 18.7 Å². The van der Waals surface area contributed by atoms with Crippen LogP contribution in [0.3, 0.4) is 0 Å². The summed E-state index contributed by atoms with van der Waals surface area (Å²) >= 11 is 0. The SMILES string of the molecule is O=C(c1cccc(OCC(F)(F)F)c1)N1CCS(=O)(=O)c2ccccc2C1. The molecule has 0 atom stereocenters. The zero-order valence-electron chi connectivity index (χ0n) is 14.1. The number of ether oxygens (including phenoxy) is 1. The Balaban J connectivity index is 1.82. The van der Waals surface area contributed by atoms with Gasteiger partial charge < -0.3 is 9.64 Å². The number of sulfone groups is 1. The van der Waals surface area contributed by atoms with Crippen LogP contribution in [-0.2, 0) is 16.4 Å². The summed E-state index contributed by atoms with van der Waals surface area (Å²) in [5, 5.41) is 0. The second-order valence-corrected chi connectivity index (χ2v) is 8.16. The first-order valence-corrected chi connectivity index (χ1v) is 9.70. The van der Waals surface area contributed by atoms with Crippen LogP contribution in [0.5, 0.6) is 5.75 Å². The lowest BCUT2D eigenvalue weighted by molar-refractivity contribution is -0.153. The van der Waals surface area contributed by atoms with Crippen molar-refractivity contribution in [3.8, 4) is 5.75 Å². The third-order valence-corrected chi connectivity index (χ3v) is 5.86. The van der Waals surface area contributed by atoms with Crippen molar-refractivity contribution in [1.29, 1.82) is 0 Å². The van der Waals surface area contributed by atoms with Crippen LogP contribution in [0.15, 0.2) is 53.4 Å². The first kappa shape index (κ1) is 19.2. The minimum Gasteiger partial charge on any atom is -0.484 e. The van der Waals surface area contributed by atoms with E-state index in [1.165, 1.54) is 35.2 Å². The highest BCUT2D eigenvalue weighted by molar-refractivity contribution is 7.91. The summed E-state index contributed by atoms with van der Waals surface area (Å²) in [4.78, 5) is 14.3. The van der Waals surface area contributed by atoms with Gasteiger partial charge in [-0.1, -0.05) is 24.3 Å². The molecule has 1 heterocycles. The quantitative estimate of drug-likeness (QED) is 0.796. The Hall–Kier alpha value is -2.55. The van der Waals surface area contributed by atoms with Crippen LogP contribution >= 0.6 is 0 Å². The number of halogens is 3. The van der Waals surface area contributed by atoms with Crippen LogP contribution in [0.25, 0.3) is 0 Å². The molecule has 0 N–H and O–H groups in total. The molecule has 1 amide bonds. The second-order valence-electron chi connectivity index (χ2n) is 6.08. The van der Waals surface area contributed by atoms with Gasteiger partial charge in [-0.3, -0.25) is 4.79 Å². The molecular formula is C18H16F3NO4S. The molecule has 0 saturated heterocycles. The lowest BCUT2D eigenvalue weighted by atomic mass is 10.1. The number of rotatable bonds is 3. The highest BCUT2D eigenvalue weighted by atomic mass is 32.2. The van der Waals surface area contributed by atoms with Gasteiger partial charge in [-0.15, -0.1) is 0 Å². The van der Waals surface area contributed by atoms with Crippen molar-refractivity contribution in [3.63, 3.8) is 0 Å². The van der Waals surface area contributed by atoms with E-state index >= 15 is 0 Å². The van der Waals surface area contributed by atoms with Crippen LogP contribution in [0.4, 0.5) is 13.2 Å². The number of hydrogen-bond donors (Lipinski definition) is 0. The number of carbonyl (C=O) groups is 1. The van der Waals surface area contributed by atoms with Gasteiger partial charge >= 0.3 is 6.18 Å². The number of carbonyl (C=O) groups excluding carboxylic acids is 1. The maximum absolute atomic E-state index is 12.8. The van der Waals surface area contributed by atoms with Gasteiger partial charge in [-0.2, -0.15) is 13.2 Å². The Labute approximate surface area is 154 Å². The minimum absolute atomic E-state index is 0.0104. The summed E-state index contributed by atoms with van der Waals surface area (Å²) < 4.78 is 66.3. The molecule has 9 heteroatoms. The van der Waals surface area contributed by atoms with Crippen molar-refractivity contribution in [2.24, 2.45) is 0 Å². The van der Waals surface area contributed by atoms with Gasteiger partial charge in [0.1, 0.15) is 5.75 Å². The van der Waals surface area contributed by atoms with Gasteiger partial charge in [0.25, 0.3) is 5.91 Å². The molecule has 0 unspecified atom stereocenters. The normalized spacial score (nSPS) is 16.3. The number of benzene rings is 2. The summed E-state index contributed by atoms with van der Waals surface area (Å²) in [6.07, 6.45) is -4.48. The zero-order valence-corrected chi connectivity index (χ0v) is 14.9. The molecule has 27 heavy (non-hydrogen) atoms. The molecule has 0 fully saturated rings. The van der Waals surface area contributed by atoms with E-state index in [2.05, 4.69) is 4.74 Å². The van der Waals surface area contributed by atoms with E-state index in [0.29, 0.717) is 5.56 Å². The highest BCUT2D eigenvalue weighted by Crippen LogP contribution is 2.25. The molecular weight excluding hydrogens is 383 g/mol. The first-order valence-electron chi connectivity index (χ1n) is 8.05. The van der Waals surface area contributed by atoms with Crippen LogP contribution in [0.2, 0.25) is 0 Å². The van der Waals surface area contributed by atoms with Crippen LogP contribution in [0.1, 0.15) is 15.9 Å². The summed E-state index contributed by atoms with van der Waals surface area (Å²) in [6.45, 7) is -1.37. The average Bonchev–Trinajstić information content (AvgIpc) is 2.76. The predicted molar refractivity (Wildman–Crippen MR) is 91.2 cm³/mol. The van der Waals surface area contributed by atoms with E-state index < -0.39 is 28.5 Å². The number of nitrogens with zero attached hydrogens (tertiary/aromatic N) is 1. The summed E-state index contributed by atoms with van der Waals surface area (Å²) in [5.41, 5.74) is 0.638. The largest absolute Gasteiger partial charge is 0.484 e. The van der Waals surface area contributed by atoms with Crippen molar-refractivity contribution < 1.29 is 31.1 Å². The van der Waals surface area contributed by atoms with Gasteiger partial charge in [0.15, 0.2) is 16.4 Å². The maximum Gasteiger partial charge on any atom is 0.422 e. The minimum atomic E-state index is -4.48. The number of hydrogen-bond acceptors (Lipinski definition) is 4. The fraction of sp³-hybridized carbons (Fsp3) is 0.278. The Kier molecular flexibility index (Phi) is 5.14. The molecule has 0 aromatic heterocycles. The average molecular weight is 399 g/mol. The molecule has 1 aliphatic rings. The monoisotopic (exact) mass is 399 g/mol. The number of alkyl halides is 3. The molecule has 5 nitrogen and oxygen atoms in total. The molecule has 2 aromatic rings. The van der Waals surface area contributed by atoms with E-state index in [-0.39, 0.29) is 35.1 Å². The van der Waals surface area contributed by atoms with E-state index in [1.54, 1.807) is 18.2 Å². The summed E-state index contributed by atoms with van der Waals surface area (Å²) in [5.74, 6) is -0.777. The van der Waals surface area contributed by atoms with Crippen molar-refractivity contribution in [1.82, 2.24) is 4.90 Å². The van der Waals surface area contributed by atoms with Crippen molar-refractivity contribution in [2.45, 2.75) is 17.6 Å². The smallest absolute Gasteiger partial charge is 0.422 e. The molecule has 0 aliphatic carbocycles. The van der Waals surface area contributed by atoms with Crippen LogP contribution < -0.4 is 4.74 Å². The fourth-order valence-corrected chi connectivity index (χ4v) is 4.30. The Morgan fingerprint density at radius 2 is 1.85 bits per heavy atom. The predicted octanol–water partition coefficient (Wildman–Crippen LogP) is 3.06. The molecule has 1 aliphatic heterocycles. The highest BCUT2D eigenvalue weighted by Gasteiger charge is 2.29. The molecule has 0 saturated carbocycles. The third-order valence-electron chi connectivity index (χ3n) is 4.07. The number of amides is 1. The Bertz CT molecular complexity index is 957. The molecule has 0 radical (unpaired) electrons. The third kappa shape index (κ3) is 4.60. The topological polar surface area (TPSA) is 63.7 Å². The van der Waals surface area contributed by atoms with Crippen molar-refractivity contribution in [3.05, 3.63) is 59.7 Å². The van der Waals surface area contributed by atoms with E-state index in [1.807, 2.05) is 0 Å². The maximum atomic E-state index is 12.8. The zero-order chi connectivity index (χ0) is 19.7. The lowest BCUT2D eigenvalue weighted by Crippen LogP contribution is -2.32. The fourth-order valence-electron chi connectivity index (χ4n) is 2.80. The summed E-state index contributed by atoms with van der Waals surface area (Å²) in [7, 11) is -3.50. The summed E-state index contributed by atoms with van der Waals surface area (Å²) in [6, 6.07) is 11.9. The Morgan fingerprint density at radius 1 is 1.11 bits per heavy atom. The van der Waals surface area contributed by atoms with Crippen molar-refractivity contribution >= 4 is 15.7 Å². The van der Waals surface area contributed by atoms with E-state index in [0.717, 1.165) is 0 Å². The van der Waals surface area contributed by atoms with E-state index in [4.69, 9.17) is 0 Å². The number of fused-ring (bicyclic) bond motifs is 1. The second kappa shape index (κ2) is 7.22. The van der Waals surface area contributed by atoms with Gasteiger partial charge in [0.05, 0.1) is 10.6 Å². The van der Waals surface area contributed by atoms with Crippen LogP contribution in [0, 0.1) is 0 Å². The molecule has 0 spiro atoms. The van der Waals surface area contributed by atoms with Crippen molar-refractivity contribution in [2.75, 3.05) is 18.9 Å². The van der Waals surface area contributed by atoms with Gasteiger partial charge in [-0.05, 0) is 29.8 Å². The standard InChI is InChI=1S/C18H16F3NO4S/c19-18(20,21)12-26-15-6-3-5-13(10-15)17(23)22-8-9-27(24,25)16-7-2-1-4-14(16)11-22/h1-7,10H,8-9,11-12H2. The van der Waals surface area contributed by atoms with E-state index in [9.17, 15) is 26.4 Å². The molecule has 2 aromatic carbocycles. The molecule has 3 rings (SSSR count).